The van der Waals surface area contributed by atoms with E-state index in [4.69, 9.17) is 19.9 Å². The fourth-order valence-electron chi connectivity index (χ4n) is 6.14. The SMILES string of the molecule is Cc1cc(Oc2c(F)cccc2F)ncc1-n1ncc(C(=O)C2=Cc3cc(OC(F)F)c(C4CCN(C(=O)OC(C)(C)C)CC4)cc3C2)c1N. The van der Waals surface area contributed by atoms with Crippen molar-refractivity contribution >= 4 is 23.8 Å². The van der Waals surface area contributed by atoms with Gasteiger partial charge in [-0.2, -0.15) is 13.9 Å². The summed E-state index contributed by atoms with van der Waals surface area (Å²) in [5, 5.41) is 4.29. The average molecular weight is 694 g/mol. The number of anilines is 1. The van der Waals surface area contributed by atoms with Gasteiger partial charge < -0.3 is 24.8 Å². The number of amides is 1. The van der Waals surface area contributed by atoms with Crippen LogP contribution in [0.4, 0.5) is 28.2 Å². The number of halogens is 4. The lowest BCUT2D eigenvalue weighted by molar-refractivity contribution is -0.0507. The van der Waals surface area contributed by atoms with Crippen LogP contribution in [0, 0.1) is 18.6 Å². The molecule has 1 aliphatic carbocycles. The molecule has 0 saturated carbocycles. The zero-order valence-corrected chi connectivity index (χ0v) is 27.8. The van der Waals surface area contributed by atoms with Gasteiger partial charge in [-0.05, 0) is 93.0 Å². The van der Waals surface area contributed by atoms with Crippen molar-refractivity contribution in [2.75, 3.05) is 18.8 Å². The van der Waals surface area contributed by atoms with Crippen molar-refractivity contribution in [2.45, 2.75) is 65.1 Å². The Morgan fingerprint density at radius 1 is 1.04 bits per heavy atom. The van der Waals surface area contributed by atoms with E-state index in [1.807, 2.05) is 0 Å². The van der Waals surface area contributed by atoms with Crippen molar-refractivity contribution in [3.05, 3.63) is 93.8 Å². The first-order chi connectivity index (χ1) is 23.7. The van der Waals surface area contributed by atoms with Gasteiger partial charge >= 0.3 is 12.7 Å². The van der Waals surface area contributed by atoms with Crippen molar-refractivity contribution in [3.63, 3.8) is 0 Å². The zero-order valence-electron chi connectivity index (χ0n) is 27.8. The number of carbonyl (C=O) groups is 2. The van der Waals surface area contributed by atoms with E-state index >= 15 is 0 Å². The maximum absolute atomic E-state index is 14.1. The molecule has 2 aromatic carbocycles. The Kier molecular flexibility index (Phi) is 9.29. The molecule has 0 atom stereocenters. The lowest BCUT2D eigenvalue weighted by Crippen LogP contribution is -2.41. The number of nitrogen functional groups attached to an aromatic ring is 1. The summed E-state index contributed by atoms with van der Waals surface area (Å²) in [5.41, 5.74) is 9.16. The summed E-state index contributed by atoms with van der Waals surface area (Å²) in [7, 11) is 0. The number of likely N-dealkylation sites (tertiary alicyclic amines) is 1. The molecule has 2 N–H and O–H groups in total. The number of hydrogen-bond acceptors (Lipinski definition) is 8. The summed E-state index contributed by atoms with van der Waals surface area (Å²) in [6, 6.07) is 8.13. The number of Topliss-reactive ketones (excluding diaryl/α,β-unsaturated/α-hetero) is 1. The molecule has 262 valence electrons. The number of alkyl halides is 2. The van der Waals surface area contributed by atoms with Crippen LogP contribution >= 0.6 is 0 Å². The molecule has 6 rings (SSSR count). The molecule has 2 aromatic heterocycles. The zero-order chi connectivity index (χ0) is 35.9. The van der Waals surface area contributed by atoms with Crippen molar-refractivity contribution in [1.29, 1.82) is 0 Å². The molecule has 10 nitrogen and oxygen atoms in total. The van der Waals surface area contributed by atoms with E-state index in [1.54, 1.807) is 44.7 Å². The maximum Gasteiger partial charge on any atom is 0.410 e. The molecule has 2 aliphatic rings. The fourth-order valence-corrected chi connectivity index (χ4v) is 6.14. The van der Waals surface area contributed by atoms with Gasteiger partial charge in [0, 0.05) is 31.1 Å². The highest BCUT2D eigenvalue weighted by atomic mass is 19.3. The van der Waals surface area contributed by atoms with Gasteiger partial charge in [-0.15, -0.1) is 0 Å². The van der Waals surface area contributed by atoms with Gasteiger partial charge in [0.2, 0.25) is 11.6 Å². The monoisotopic (exact) mass is 693 g/mol. The summed E-state index contributed by atoms with van der Waals surface area (Å²) in [5.74, 6) is -2.90. The summed E-state index contributed by atoms with van der Waals surface area (Å²) in [4.78, 5) is 32.0. The van der Waals surface area contributed by atoms with Gasteiger partial charge in [-0.1, -0.05) is 12.1 Å². The number of ether oxygens (including phenoxy) is 3. The standard InChI is InChI=1S/C36H35F4N5O5/c1-19-12-30(49-32-26(37)6-5-7-27(32)38)42-18-28(19)45-33(41)25(17-43-45)31(46)23-13-21-15-24(29(48-34(39)40)16-22(21)14-23)20-8-10-44(11-9-20)35(47)50-36(2,3)4/h5-7,12,14-18,20,34H,8-11,13,41H2,1-4H3. The number of benzene rings is 2. The Balaban J connectivity index is 1.19. The van der Waals surface area contributed by atoms with Crippen LogP contribution in [0.15, 0.2) is 54.4 Å². The van der Waals surface area contributed by atoms with Gasteiger partial charge in [0.05, 0.1) is 23.6 Å². The molecule has 1 saturated heterocycles. The minimum atomic E-state index is -3.05. The predicted molar refractivity (Wildman–Crippen MR) is 176 cm³/mol. The van der Waals surface area contributed by atoms with Gasteiger partial charge in [0.25, 0.3) is 0 Å². The molecule has 0 spiro atoms. The lowest BCUT2D eigenvalue weighted by Gasteiger charge is -2.34. The molecule has 0 bridgehead atoms. The number of nitrogens with zero attached hydrogens (tertiary/aromatic N) is 4. The smallest absolute Gasteiger partial charge is 0.410 e. The number of aromatic nitrogens is 3. The largest absolute Gasteiger partial charge is 0.444 e. The van der Waals surface area contributed by atoms with Crippen LogP contribution in [0.5, 0.6) is 17.4 Å². The fraction of sp³-hybridized carbons (Fsp3) is 0.333. The van der Waals surface area contributed by atoms with Crippen LogP contribution in [-0.2, 0) is 11.2 Å². The van der Waals surface area contributed by atoms with Gasteiger partial charge in [0.15, 0.2) is 17.4 Å². The second-order valence-corrected chi connectivity index (χ2v) is 13.2. The van der Waals surface area contributed by atoms with E-state index in [1.165, 1.54) is 35.3 Å². The Morgan fingerprint density at radius 2 is 1.74 bits per heavy atom. The highest BCUT2D eigenvalue weighted by Gasteiger charge is 2.32. The molecular formula is C36H35F4N5O5. The minimum absolute atomic E-state index is 0.0277. The van der Waals surface area contributed by atoms with E-state index in [2.05, 4.69) is 10.1 Å². The number of rotatable bonds is 8. The number of nitrogens with two attached hydrogens (primary N) is 1. The van der Waals surface area contributed by atoms with E-state index in [-0.39, 0.29) is 35.3 Å². The second-order valence-electron chi connectivity index (χ2n) is 13.2. The normalized spacial score (nSPS) is 14.8. The molecule has 3 heterocycles. The second kappa shape index (κ2) is 13.5. The number of fused-ring (bicyclic) bond motifs is 1. The molecule has 50 heavy (non-hydrogen) atoms. The lowest BCUT2D eigenvalue weighted by atomic mass is 9.87. The number of hydrogen-bond donors (Lipinski definition) is 1. The molecular weight excluding hydrogens is 658 g/mol. The molecule has 1 amide bonds. The summed E-state index contributed by atoms with van der Waals surface area (Å²) < 4.78 is 72.2. The molecule has 14 heteroatoms. The molecule has 1 aliphatic heterocycles. The first kappa shape index (κ1) is 34.5. The Bertz CT molecular complexity index is 1980. The number of para-hydroxylation sites is 1. The van der Waals surface area contributed by atoms with E-state index in [0.29, 0.717) is 53.9 Å². The third-order valence-corrected chi connectivity index (χ3v) is 8.54. The van der Waals surface area contributed by atoms with Crippen LogP contribution < -0.4 is 15.2 Å². The van der Waals surface area contributed by atoms with Gasteiger partial charge in [-0.25, -0.2) is 23.2 Å². The van der Waals surface area contributed by atoms with Crippen LogP contribution in [0.1, 0.15) is 72.1 Å². The number of allylic oxidation sites excluding steroid dienone is 1. The van der Waals surface area contributed by atoms with Crippen molar-refractivity contribution < 1.29 is 41.4 Å². The quantitative estimate of drug-likeness (QED) is 0.147. The number of carbonyl (C=O) groups excluding carboxylic acids is 2. The first-order valence-corrected chi connectivity index (χ1v) is 16.0. The Hall–Kier alpha value is -5.40. The van der Waals surface area contributed by atoms with Crippen molar-refractivity contribution in [1.82, 2.24) is 19.7 Å². The van der Waals surface area contributed by atoms with Crippen LogP contribution in [-0.4, -0.2) is 56.8 Å². The van der Waals surface area contributed by atoms with Gasteiger partial charge in [-0.3, -0.25) is 4.79 Å². The molecule has 0 unspecified atom stereocenters. The van der Waals surface area contributed by atoms with Crippen molar-refractivity contribution in [2.24, 2.45) is 0 Å². The van der Waals surface area contributed by atoms with Crippen LogP contribution in [0.3, 0.4) is 0 Å². The Labute approximate surface area is 285 Å². The summed E-state index contributed by atoms with van der Waals surface area (Å²) in [6.45, 7) is 4.80. The first-order valence-electron chi connectivity index (χ1n) is 16.0. The summed E-state index contributed by atoms with van der Waals surface area (Å²) >= 11 is 0. The van der Waals surface area contributed by atoms with Crippen LogP contribution in [0.25, 0.3) is 11.8 Å². The molecule has 1 fully saturated rings. The Morgan fingerprint density at radius 3 is 2.38 bits per heavy atom. The maximum atomic E-state index is 14.1. The number of aryl methyl sites for hydroxylation is 1. The third-order valence-electron chi connectivity index (χ3n) is 8.54. The predicted octanol–water partition coefficient (Wildman–Crippen LogP) is 7.77. The van der Waals surface area contributed by atoms with E-state index in [0.717, 1.165) is 17.7 Å². The highest BCUT2D eigenvalue weighted by molar-refractivity contribution is 6.15. The average Bonchev–Trinajstić information content (AvgIpc) is 3.64. The molecule has 0 radical (unpaired) electrons. The summed E-state index contributed by atoms with van der Waals surface area (Å²) in [6.07, 6.45) is 5.17. The van der Waals surface area contributed by atoms with Crippen molar-refractivity contribution in [3.8, 4) is 23.1 Å². The number of ketones is 1. The highest BCUT2D eigenvalue weighted by Crippen LogP contribution is 2.41. The molecule has 4 aromatic rings. The number of pyridine rings is 1. The minimum Gasteiger partial charge on any atom is -0.444 e. The topological polar surface area (TPSA) is 122 Å². The van der Waals surface area contributed by atoms with E-state index < -0.39 is 41.5 Å². The van der Waals surface area contributed by atoms with E-state index in [9.17, 15) is 27.2 Å². The number of piperidine rings is 1. The van der Waals surface area contributed by atoms with Crippen LogP contribution in [0.2, 0.25) is 0 Å². The third kappa shape index (κ3) is 7.14. The van der Waals surface area contributed by atoms with Gasteiger partial charge in [0.1, 0.15) is 17.2 Å².